The van der Waals surface area contributed by atoms with Gasteiger partial charge in [-0.15, -0.1) is 0 Å². The van der Waals surface area contributed by atoms with E-state index in [1.54, 1.807) is 0 Å². The minimum Gasteiger partial charge on any atom is -0.443 e. The number of rotatable bonds is 5. The number of carbonyl (C=O) groups excluding carboxylic acids is 1. The molecule has 2 aromatic heterocycles. The fourth-order valence-corrected chi connectivity index (χ4v) is 2.08. The van der Waals surface area contributed by atoms with Gasteiger partial charge < -0.3 is 4.74 Å². The Morgan fingerprint density at radius 3 is 2.65 bits per heavy atom. The molecule has 2 aromatic rings. The molecule has 0 bridgehead atoms. The SMILES string of the molecule is CC(C)Cc1cc(C(=O)O[C@H](c2cnn(C)c2)C(F)(F)F)n[nH]1. The average Bonchev–Trinajstić information content (AvgIpc) is 3.03. The first-order chi connectivity index (χ1) is 10.7. The fraction of sp³-hybridized carbons (Fsp3) is 0.500. The summed E-state index contributed by atoms with van der Waals surface area (Å²) >= 11 is 0. The van der Waals surface area contributed by atoms with Crippen LogP contribution in [0.1, 0.15) is 41.7 Å². The lowest BCUT2D eigenvalue weighted by Gasteiger charge is -2.18. The summed E-state index contributed by atoms with van der Waals surface area (Å²) in [5.41, 5.74) is 0.238. The fourth-order valence-electron chi connectivity index (χ4n) is 2.08. The number of nitrogens with zero attached hydrogens (tertiary/aromatic N) is 3. The molecule has 1 atom stereocenters. The molecule has 0 aliphatic carbocycles. The van der Waals surface area contributed by atoms with Crippen molar-refractivity contribution in [3.8, 4) is 0 Å². The second-order valence-corrected chi connectivity index (χ2v) is 5.65. The van der Waals surface area contributed by atoms with Crippen LogP contribution in [0.5, 0.6) is 0 Å². The highest BCUT2D eigenvalue weighted by atomic mass is 19.4. The molecule has 126 valence electrons. The zero-order chi connectivity index (χ0) is 17.2. The van der Waals surface area contributed by atoms with E-state index in [2.05, 4.69) is 20.0 Å². The van der Waals surface area contributed by atoms with Gasteiger partial charge in [-0.25, -0.2) is 4.79 Å². The summed E-state index contributed by atoms with van der Waals surface area (Å²) in [6.07, 6.45) is -4.32. The Hall–Kier alpha value is -2.32. The number of H-pyrrole nitrogens is 1. The van der Waals surface area contributed by atoms with Crippen molar-refractivity contribution in [2.24, 2.45) is 13.0 Å². The molecule has 23 heavy (non-hydrogen) atoms. The Morgan fingerprint density at radius 1 is 1.43 bits per heavy atom. The Bertz CT molecular complexity index is 676. The lowest BCUT2D eigenvalue weighted by molar-refractivity contribution is -0.207. The van der Waals surface area contributed by atoms with Crippen LogP contribution in [0.4, 0.5) is 13.2 Å². The smallest absolute Gasteiger partial charge is 0.429 e. The van der Waals surface area contributed by atoms with E-state index in [1.165, 1.54) is 17.8 Å². The van der Waals surface area contributed by atoms with E-state index in [-0.39, 0.29) is 11.3 Å². The van der Waals surface area contributed by atoms with Gasteiger partial charge in [0.05, 0.1) is 6.20 Å². The van der Waals surface area contributed by atoms with Crippen molar-refractivity contribution in [3.63, 3.8) is 0 Å². The van der Waals surface area contributed by atoms with E-state index in [1.807, 2.05) is 13.8 Å². The third-order valence-electron chi connectivity index (χ3n) is 3.02. The maximum atomic E-state index is 13.1. The van der Waals surface area contributed by atoms with Crippen LogP contribution in [-0.2, 0) is 18.2 Å². The zero-order valence-corrected chi connectivity index (χ0v) is 12.9. The van der Waals surface area contributed by atoms with Crippen molar-refractivity contribution < 1.29 is 22.7 Å². The molecule has 1 N–H and O–H groups in total. The number of hydrogen-bond donors (Lipinski definition) is 1. The van der Waals surface area contributed by atoms with E-state index < -0.39 is 18.2 Å². The summed E-state index contributed by atoms with van der Waals surface area (Å²) in [5.74, 6) is -0.819. The van der Waals surface area contributed by atoms with E-state index in [0.717, 1.165) is 12.4 Å². The van der Waals surface area contributed by atoms with Gasteiger partial charge >= 0.3 is 12.1 Å². The third kappa shape index (κ3) is 4.33. The number of aromatic nitrogens is 4. The largest absolute Gasteiger partial charge is 0.443 e. The predicted molar refractivity (Wildman–Crippen MR) is 74.5 cm³/mol. The number of aromatic amines is 1. The van der Waals surface area contributed by atoms with Gasteiger partial charge in [0.25, 0.3) is 0 Å². The molecule has 0 saturated carbocycles. The van der Waals surface area contributed by atoms with Crippen molar-refractivity contribution in [1.82, 2.24) is 20.0 Å². The summed E-state index contributed by atoms with van der Waals surface area (Å²) in [6, 6.07) is 1.40. The predicted octanol–water partition coefficient (Wildman–Crippen LogP) is 2.80. The van der Waals surface area contributed by atoms with Crippen molar-refractivity contribution in [3.05, 3.63) is 35.4 Å². The highest BCUT2D eigenvalue weighted by Gasteiger charge is 2.45. The Labute approximate surface area is 130 Å². The summed E-state index contributed by atoms with van der Waals surface area (Å²) in [7, 11) is 1.48. The van der Waals surface area contributed by atoms with Crippen molar-refractivity contribution in [1.29, 1.82) is 0 Å². The lowest BCUT2D eigenvalue weighted by Crippen LogP contribution is -2.26. The number of hydrogen-bond acceptors (Lipinski definition) is 4. The van der Waals surface area contributed by atoms with Crippen LogP contribution in [0.15, 0.2) is 18.5 Å². The van der Waals surface area contributed by atoms with Gasteiger partial charge in [-0.05, 0) is 18.4 Å². The third-order valence-corrected chi connectivity index (χ3v) is 3.02. The molecule has 0 aromatic carbocycles. The van der Waals surface area contributed by atoms with E-state index >= 15 is 0 Å². The molecule has 0 aliphatic rings. The van der Waals surface area contributed by atoms with Crippen LogP contribution >= 0.6 is 0 Å². The molecule has 2 heterocycles. The monoisotopic (exact) mass is 330 g/mol. The van der Waals surface area contributed by atoms with Gasteiger partial charge in [0.15, 0.2) is 5.69 Å². The number of alkyl halides is 3. The minimum atomic E-state index is -4.74. The number of nitrogens with one attached hydrogen (secondary N) is 1. The van der Waals surface area contributed by atoms with Gasteiger partial charge in [0.2, 0.25) is 6.10 Å². The lowest BCUT2D eigenvalue weighted by atomic mass is 10.1. The van der Waals surface area contributed by atoms with Crippen LogP contribution in [0, 0.1) is 5.92 Å². The number of ether oxygens (including phenoxy) is 1. The molecule has 0 unspecified atom stereocenters. The molecule has 0 spiro atoms. The van der Waals surface area contributed by atoms with Gasteiger partial charge in [-0.1, -0.05) is 13.8 Å². The van der Waals surface area contributed by atoms with Gasteiger partial charge in [-0.2, -0.15) is 23.4 Å². The number of esters is 1. The molecule has 0 radical (unpaired) electrons. The Kier molecular flexibility index (Phi) is 4.76. The molecule has 2 rings (SSSR count). The summed E-state index contributed by atoms with van der Waals surface area (Å²) in [5, 5.41) is 10.0. The highest BCUT2D eigenvalue weighted by molar-refractivity contribution is 5.87. The molecule has 0 fully saturated rings. The van der Waals surface area contributed by atoms with Crippen LogP contribution in [-0.4, -0.2) is 32.1 Å². The summed E-state index contributed by atoms with van der Waals surface area (Å²) in [4.78, 5) is 11.9. The first-order valence-corrected chi connectivity index (χ1v) is 6.97. The summed E-state index contributed by atoms with van der Waals surface area (Å²) in [6.45, 7) is 3.95. The number of halogens is 3. The van der Waals surface area contributed by atoms with E-state index in [4.69, 9.17) is 0 Å². The normalized spacial score (nSPS) is 13.3. The standard InChI is InChI=1S/C14H17F3N4O2/c1-8(2)4-10-5-11(20-19-10)13(22)23-12(14(15,16)17)9-6-18-21(3)7-9/h5-8,12H,4H2,1-3H3,(H,19,20)/t12-/m1/s1. The average molecular weight is 330 g/mol. The maximum absolute atomic E-state index is 13.1. The van der Waals surface area contributed by atoms with E-state index in [0.29, 0.717) is 18.0 Å². The maximum Gasteiger partial charge on any atom is 0.429 e. The minimum absolute atomic E-state index is 0.182. The quantitative estimate of drug-likeness (QED) is 0.856. The van der Waals surface area contributed by atoms with Crippen LogP contribution < -0.4 is 0 Å². The first-order valence-electron chi connectivity index (χ1n) is 6.97. The Balaban J connectivity index is 2.16. The van der Waals surface area contributed by atoms with Gasteiger partial charge in [0, 0.05) is 24.5 Å². The molecule has 0 amide bonds. The van der Waals surface area contributed by atoms with Crippen LogP contribution in [0.25, 0.3) is 0 Å². The summed E-state index contributed by atoms with van der Waals surface area (Å²) < 4.78 is 45.2. The van der Waals surface area contributed by atoms with E-state index in [9.17, 15) is 18.0 Å². The van der Waals surface area contributed by atoms with Crippen molar-refractivity contribution in [2.45, 2.75) is 32.5 Å². The number of carbonyl (C=O) groups is 1. The molecular weight excluding hydrogens is 313 g/mol. The Morgan fingerprint density at radius 2 is 2.13 bits per heavy atom. The number of aryl methyl sites for hydroxylation is 1. The molecule has 0 aliphatic heterocycles. The van der Waals surface area contributed by atoms with Crippen LogP contribution in [0.2, 0.25) is 0 Å². The molecular formula is C14H17F3N4O2. The molecule has 6 nitrogen and oxygen atoms in total. The second-order valence-electron chi connectivity index (χ2n) is 5.65. The van der Waals surface area contributed by atoms with Gasteiger partial charge in [0.1, 0.15) is 0 Å². The molecule has 9 heteroatoms. The van der Waals surface area contributed by atoms with Crippen molar-refractivity contribution >= 4 is 5.97 Å². The van der Waals surface area contributed by atoms with Crippen molar-refractivity contribution in [2.75, 3.05) is 0 Å². The molecule has 0 saturated heterocycles. The van der Waals surface area contributed by atoms with Gasteiger partial charge in [-0.3, -0.25) is 9.78 Å². The topological polar surface area (TPSA) is 72.8 Å². The second kappa shape index (κ2) is 6.43. The zero-order valence-electron chi connectivity index (χ0n) is 12.9. The highest BCUT2D eigenvalue weighted by Crippen LogP contribution is 2.36. The van der Waals surface area contributed by atoms with Crippen LogP contribution in [0.3, 0.4) is 0 Å². The first kappa shape index (κ1) is 17.0.